The first-order chi connectivity index (χ1) is 12.6. The van der Waals surface area contributed by atoms with Crippen LogP contribution in [-0.4, -0.2) is 30.6 Å². The molecule has 10 heteroatoms. The van der Waals surface area contributed by atoms with E-state index in [0.717, 1.165) is 17.3 Å². The first kappa shape index (κ1) is 15.4. The van der Waals surface area contributed by atoms with Crippen LogP contribution in [0.5, 0.6) is 0 Å². The minimum absolute atomic E-state index is 0.138. The molecule has 0 atom stereocenters. The number of hydrogen-bond acceptors (Lipinski definition) is 7. The summed E-state index contributed by atoms with van der Waals surface area (Å²) in [5.41, 5.74) is 2.72. The van der Waals surface area contributed by atoms with Gasteiger partial charge in [-0.1, -0.05) is 12.1 Å². The molecule has 0 unspecified atom stereocenters. The van der Waals surface area contributed by atoms with E-state index in [-0.39, 0.29) is 5.76 Å². The molecule has 0 aliphatic heterocycles. The lowest BCUT2D eigenvalue weighted by atomic mass is 10.1. The Balaban J connectivity index is 1.51. The lowest BCUT2D eigenvalue weighted by Gasteiger charge is -2.05. The van der Waals surface area contributed by atoms with E-state index in [2.05, 4.69) is 20.6 Å². The van der Waals surface area contributed by atoms with Crippen molar-refractivity contribution >= 4 is 23.1 Å². The number of carbonyl (C=O) groups is 1. The summed E-state index contributed by atoms with van der Waals surface area (Å²) in [7, 11) is 0. The Morgan fingerprint density at radius 3 is 2.65 bits per heavy atom. The fraction of sp³-hybridized carbons (Fsp3) is 0. The largest absolute Gasteiger partial charge is 0.433 e. The van der Waals surface area contributed by atoms with Gasteiger partial charge in [-0.15, -0.1) is 10.2 Å². The van der Waals surface area contributed by atoms with Crippen LogP contribution in [0.2, 0.25) is 0 Å². The van der Waals surface area contributed by atoms with Gasteiger partial charge in [0.05, 0.1) is 11.8 Å². The highest BCUT2D eigenvalue weighted by molar-refractivity contribution is 6.02. The number of amides is 1. The molecule has 3 aromatic heterocycles. The summed E-state index contributed by atoms with van der Waals surface area (Å²) in [4.78, 5) is 22.0. The lowest BCUT2D eigenvalue weighted by Crippen LogP contribution is -2.10. The highest BCUT2D eigenvalue weighted by Crippen LogP contribution is 2.21. The first-order valence-corrected chi connectivity index (χ1v) is 7.43. The van der Waals surface area contributed by atoms with Crippen molar-refractivity contribution in [2.45, 2.75) is 0 Å². The van der Waals surface area contributed by atoms with E-state index < -0.39 is 16.7 Å². The normalized spacial score (nSPS) is 10.8. The molecule has 4 aromatic rings. The second-order valence-electron chi connectivity index (χ2n) is 5.28. The molecule has 26 heavy (non-hydrogen) atoms. The third-order valence-electron chi connectivity index (χ3n) is 3.60. The average molecular weight is 350 g/mol. The fourth-order valence-corrected chi connectivity index (χ4v) is 2.35. The number of furan rings is 1. The first-order valence-electron chi connectivity index (χ1n) is 7.43. The molecule has 0 spiro atoms. The van der Waals surface area contributed by atoms with Crippen molar-refractivity contribution in [2.75, 3.05) is 5.32 Å². The molecule has 4 rings (SSSR count). The van der Waals surface area contributed by atoms with Crippen molar-refractivity contribution in [1.29, 1.82) is 0 Å². The topological polar surface area (TPSA) is 128 Å². The predicted octanol–water partition coefficient (Wildman–Crippen LogP) is 2.54. The Morgan fingerprint density at radius 2 is 1.92 bits per heavy atom. The minimum atomic E-state index is -0.703. The maximum atomic E-state index is 12.1. The Bertz CT molecular complexity index is 1120. The quantitative estimate of drug-likeness (QED) is 0.442. The van der Waals surface area contributed by atoms with Gasteiger partial charge in [0.2, 0.25) is 0 Å². The molecule has 0 aliphatic carbocycles. The van der Waals surface area contributed by atoms with Gasteiger partial charge < -0.3 is 9.73 Å². The molecule has 1 amide bonds. The van der Waals surface area contributed by atoms with Gasteiger partial charge in [0, 0.05) is 11.3 Å². The molecule has 0 fully saturated rings. The number of nitrogens with one attached hydrogen (secondary N) is 1. The molecule has 1 aromatic carbocycles. The number of nitrogens with zero attached hydrogens (tertiary/aromatic N) is 5. The van der Waals surface area contributed by atoms with Gasteiger partial charge in [0.25, 0.3) is 5.91 Å². The number of benzene rings is 1. The van der Waals surface area contributed by atoms with Gasteiger partial charge in [-0.3, -0.25) is 14.9 Å². The maximum Gasteiger partial charge on any atom is 0.433 e. The lowest BCUT2D eigenvalue weighted by molar-refractivity contribution is -0.402. The molecule has 0 aliphatic rings. The molecular formula is C16H10N6O4. The Hall–Kier alpha value is -4.08. The van der Waals surface area contributed by atoms with Crippen molar-refractivity contribution in [3.05, 3.63) is 70.7 Å². The third-order valence-corrected chi connectivity index (χ3v) is 3.60. The van der Waals surface area contributed by atoms with Crippen molar-refractivity contribution in [3.63, 3.8) is 0 Å². The number of nitro groups is 1. The Labute approximate surface area is 145 Å². The highest BCUT2D eigenvalue weighted by atomic mass is 16.6. The van der Waals surface area contributed by atoms with Gasteiger partial charge in [-0.05, 0) is 30.3 Å². The number of fused-ring (bicyclic) bond motifs is 1. The predicted molar refractivity (Wildman–Crippen MR) is 89.5 cm³/mol. The molecule has 0 saturated heterocycles. The van der Waals surface area contributed by atoms with Crippen LogP contribution >= 0.6 is 0 Å². The van der Waals surface area contributed by atoms with Gasteiger partial charge in [0.15, 0.2) is 11.4 Å². The van der Waals surface area contributed by atoms with E-state index in [1.54, 1.807) is 34.8 Å². The number of hydrogen-bond donors (Lipinski definition) is 1. The Kier molecular flexibility index (Phi) is 3.62. The molecule has 0 radical (unpaired) electrons. The monoisotopic (exact) mass is 350 g/mol. The highest BCUT2D eigenvalue weighted by Gasteiger charge is 2.17. The smallest absolute Gasteiger partial charge is 0.395 e. The summed E-state index contributed by atoms with van der Waals surface area (Å²) in [6.45, 7) is 0. The minimum Gasteiger partial charge on any atom is -0.395 e. The molecule has 1 N–H and O–H groups in total. The van der Waals surface area contributed by atoms with Gasteiger partial charge in [-0.2, -0.15) is 9.61 Å². The molecule has 0 bridgehead atoms. The van der Waals surface area contributed by atoms with E-state index >= 15 is 0 Å². The SMILES string of the molecule is O=C(Nc1ccc(-c2ccc3nncn3n2)cc1)c1ccc([N+](=O)[O-])o1. The number of carbonyl (C=O) groups excluding carboxylic acids is 1. The molecular weight excluding hydrogens is 340 g/mol. The van der Waals surface area contributed by atoms with Gasteiger partial charge >= 0.3 is 5.88 Å². The van der Waals surface area contributed by atoms with Crippen LogP contribution in [0.4, 0.5) is 11.6 Å². The number of anilines is 1. The molecule has 128 valence electrons. The van der Waals surface area contributed by atoms with Crippen molar-refractivity contribution in [3.8, 4) is 11.3 Å². The summed E-state index contributed by atoms with van der Waals surface area (Å²) in [6, 6.07) is 13.0. The zero-order chi connectivity index (χ0) is 18.1. The second-order valence-corrected chi connectivity index (χ2v) is 5.28. The van der Waals surface area contributed by atoms with E-state index in [1.165, 1.54) is 12.4 Å². The van der Waals surface area contributed by atoms with E-state index in [0.29, 0.717) is 11.3 Å². The van der Waals surface area contributed by atoms with Crippen molar-refractivity contribution < 1.29 is 14.1 Å². The van der Waals surface area contributed by atoms with Gasteiger partial charge in [0.1, 0.15) is 11.3 Å². The zero-order valence-corrected chi connectivity index (χ0v) is 13.1. The summed E-state index contributed by atoms with van der Waals surface area (Å²) in [6.07, 6.45) is 1.51. The number of rotatable bonds is 4. The van der Waals surface area contributed by atoms with Crippen LogP contribution in [0.1, 0.15) is 10.6 Å². The Morgan fingerprint density at radius 1 is 1.12 bits per heavy atom. The molecule has 3 heterocycles. The van der Waals surface area contributed by atoms with Crippen LogP contribution < -0.4 is 5.32 Å². The summed E-state index contributed by atoms with van der Waals surface area (Å²) in [5.74, 6) is -1.20. The van der Waals surface area contributed by atoms with E-state index in [4.69, 9.17) is 4.42 Å². The average Bonchev–Trinajstić information content (AvgIpc) is 3.31. The summed E-state index contributed by atoms with van der Waals surface area (Å²) in [5, 5.41) is 25.3. The van der Waals surface area contributed by atoms with E-state index in [1.807, 2.05) is 6.07 Å². The standard InChI is InChI=1S/C16H10N6O4/c23-16(13-6-8-15(26-13)22(24)25)18-11-3-1-10(2-4-11)12-5-7-14-19-17-9-21(14)20-12/h1-9H,(H,18,23). The molecule has 0 saturated carbocycles. The number of aromatic nitrogens is 4. The molecule has 10 nitrogen and oxygen atoms in total. The summed E-state index contributed by atoms with van der Waals surface area (Å²) < 4.78 is 6.43. The van der Waals surface area contributed by atoms with Crippen LogP contribution in [-0.2, 0) is 0 Å². The van der Waals surface area contributed by atoms with Crippen LogP contribution in [0.15, 0.2) is 59.3 Å². The van der Waals surface area contributed by atoms with Crippen LogP contribution in [0, 0.1) is 10.1 Å². The maximum absolute atomic E-state index is 12.1. The zero-order valence-electron chi connectivity index (χ0n) is 13.1. The van der Waals surface area contributed by atoms with Crippen LogP contribution in [0.25, 0.3) is 16.9 Å². The van der Waals surface area contributed by atoms with Crippen molar-refractivity contribution in [1.82, 2.24) is 19.8 Å². The van der Waals surface area contributed by atoms with Gasteiger partial charge in [-0.25, -0.2) is 0 Å². The summed E-state index contributed by atoms with van der Waals surface area (Å²) >= 11 is 0. The second kappa shape index (κ2) is 6.09. The third kappa shape index (κ3) is 2.86. The fourth-order valence-electron chi connectivity index (χ4n) is 2.35. The van der Waals surface area contributed by atoms with Crippen molar-refractivity contribution in [2.24, 2.45) is 0 Å². The van der Waals surface area contributed by atoms with Crippen LogP contribution in [0.3, 0.4) is 0 Å². The van der Waals surface area contributed by atoms with E-state index in [9.17, 15) is 14.9 Å².